The van der Waals surface area contributed by atoms with Crippen molar-refractivity contribution < 1.29 is 27.5 Å². The van der Waals surface area contributed by atoms with Gasteiger partial charge in [0.1, 0.15) is 0 Å². The van der Waals surface area contributed by atoms with Gasteiger partial charge in [-0.3, -0.25) is 0 Å². The maximum absolute atomic E-state index is 12.5. The van der Waals surface area contributed by atoms with Crippen molar-refractivity contribution in [2.75, 3.05) is 5.32 Å². The first kappa shape index (κ1) is 13.1. The summed E-state index contributed by atoms with van der Waals surface area (Å²) in [5, 5.41) is 10.2. The second-order valence-corrected chi connectivity index (χ2v) is 3.28. The van der Waals surface area contributed by atoms with E-state index in [4.69, 9.17) is 5.11 Å². The van der Waals surface area contributed by atoms with Crippen molar-refractivity contribution in [2.45, 2.75) is 18.6 Å². The van der Waals surface area contributed by atoms with Gasteiger partial charge in [0, 0.05) is 0 Å². The van der Waals surface area contributed by atoms with Crippen LogP contribution in [0, 0.1) is 5.82 Å². The lowest BCUT2D eigenvalue weighted by Gasteiger charge is -2.28. The molecule has 0 aliphatic rings. The van der Waals surface area contributed by atoms with Gasteiger partial charge in [-0.2, -0.15) is 13.2 Å². The van der Waals surface area contributed by atoms with Crippen molar-refractivity contribution in [3.05, 3.63) is 18.2 Å². The van der Waals surface area contributed by atoms with Crippen molar-refractivity contribution >= 4 is 11.9 Å². The third kappa shape index (κ3) is 2.60. The first-order valence-corrected chi connectivity index (χ1v) is 4.22. The van der Waals surface area contributed by atoms with Gasteiger partial charge in [-0.1, -0.05) is 0 Å². The normalized spacial score (nSPS) is 15.1. The van der Waals surface area contributed by atoms with E-state index in [1.807, 2.05) is 0 Å². The number of rotatable bonds is 3. The van der Waals surface area contributed by atoms with Gasteiger partial charge in [0.2, 0.25) is 11.5 Å². The Labute approximate surface area is 92.5 Å². The largest absolute Gasteiger partial charge is 0.479 e. The predicted octanol–water partition coefficient (Wildman–Crippen LogP) is 1.43. The maximum Gasteiger partial charge on any atom is 0.422 e. The summed E-state index contributed by atoms with van der Waals surface area (Å²) in [6.45, 7) is 0.419. The lowest BCUT2D eigenvalue weighted by atomic mass is 10.0. The van der Waals surface area contributed by atoms with Gasteiger partial charge in [0.05, 0.1) is 12.4 Å². The van der Waals surface area contributed by atoms with E-state index in [2.05, 4.69) is 9.97 Å². The molecular formula is C8H7F4N3O2. The molecule has 1 heterocycles. The van der Waals surface area contributed by atoms with Gasteiger partial charge in [0.25, 0.3) is 0 Å². The summed E-state index contributed by atoms with van der Waals surface area (Å²) in [7, 11) is 0. The average Bonchev–Trinajstić information content (AvgIpc) is 2.19. The van der Waals surface area contributed by atoms with Gasteiger partial charge in [-0.25, -0.2) is 19.2 Å². The number of carboxylic acid groups (broad SMARTS) is 1. The molecule has 1 aromatic heterocycles. The van der Waals surface area contributed by atoms with Crippen LogP contribution >= 0.6 is 0 Å². The molecule has 17 heavy (non-hydrogen) atoms. The predicted molar refractivity (Wildman–Crippen MR) is 47.7 cm³/mol. The van der Waals surface area contributed by atoms with Crippen LogP contribution < -0.4 is 5.32 Å². The summed E-state index contributed by atoms with van der Waals surface area (Å²) in [5.41, 5.74) is -3.25. The third-order valence-corrected chi connectivity index (χ3v) is 1.98. The number of carbonyl (C=O) groups is 1. The molecule has 9 heteroatoms. The molecule has 0 aromatic carbocycles. The summed E-state index contributed by atoms with van der Waals surface area (Å²) >= 11 is 0. The molecule has 0 aliphatic heterocycles. The Morgan fingerprint density at radius 1 is 1.35 bits per heavy atom. The van der Waals surface area contributed by atoms with Gasteiger partial charge < -0.3 is 10.4 Å². The monoisotopic (exact) mass is 253 g/mol. The Bertz CT molecular complexity index is 420. The molecule has 0 spiro atoms. The number of aliphatic carboxylic acids is 1. The van der Waals surface area contributed by atoms with E-state index in [0.717, 1.165) is 0 Å². The SMILES string of the molecule is CC(Nc1ncc(F)cn1)(C(=O)O)C(F)(F)F. The molecule has 2 N–H and O–H groups in total. The van der Waals surface area contributed by atoms with Crippen LogP contribution in [0.4, 0.5) is 23.5 Å². The fraction of sp³-hybridized carbons (Fsp3) is 0.375. The fourth-order valence-corrected chi connectivity index (χ4v) is 0.846. The van der Waals surface area contributed by atoms with Crippen LogP contribution in [0.25, 0.3) is 0 Å². The number of carboxylic acids is 1. The smallest absolute Gasteiger partial charge is 0.422 e. The molecule has 94 valence electrons. The topological polar surface area (TPSA) is 75.1 Å². The number of nitrogens with zero attached hydrogens (tertiary/aromatic N) is 2. The Balaban J connectivity index is 3.04. The van der Waals surface area contributed by atoms with Gasteiger partial charge in [-0.15, -0.1) is 0 Å². The minimum absolute atomic E-state index is 0.419. The number of hydrogen-bond acceptors (Lipinski definition) is 4. The molecule has 0 bridgehead atoms. The molecule has 0 aliphatic carbocycles. The Morgan fingerprint density at radius 2 is 1.82 bits per heavy atom. The highest BCUT2D eigenvalue weighted by Gasteiger charge is 2.58. The van der Waals surface area contributed by atoms with E-state index in [-0.39, 0.29) is 0 Å². The van der Waals surface area contributed by atoms with E-state index in [0.29, 0.717) is 19.3 Å². The molecule has 5 nitrogen and oxygen atoms in total. The second kappa shape index (κ2) is 4.15. The number of nitrogens with one attached hydrogen (secondary N) is 1. The van der Waals surface area contributed by atoms with Gasteiger partial charge >= 0.3 is 12.1 Å². The molecule has 1 rings (SSSR count). The Morgan fingerprint density at radius 3 is 2.18 bits per heavy atom. The standard InChI is InChI=1S/C8H7F4N3O2/c1-7(5(16)17,8(10,11)12)15-6-13-2-4(9)3-14-6/h2-3H,1H3,(H,16,17)(H,13,14,15). The summed E-state index contributed by atoms with van der Waals surface area (Å²) in [5.74, 6) is -3.62. The van der Waals surface area contributed by atoms with Crippen LogP contribution in [-0.4, -0.2) is 32.8 Å². The van der Waals surface area contributed by atoms with E-state index in [1.165, 1.54) is 0 Å². The van der Waals surface area contributed by atoms with Crippen LogP contribution in [-0.2, 0) is 4.79 Å². The molecule has 1 unspecified atom stereocenters. The van der Waals surface area contributed by atoms with Crippen molar-refractivity contribution in [1.29, 1.82) is 0 Å². The zero-order valence-corrected chi connectivity index (χ0v) is 8.42. The summed E-state index contributed by atoms with van der Waals surface area (Å²) in [6, 6.07) is 0. The first-order valence-electron chi connectivity index (χ1n) is 4.22. The molecule has 0 saturated heterocycles. The molecule has 1 atom stereocenters. The Hall–Kier alpha value is -1.93. The van der Waals surface area contributed by atoms with E-state index < -0.39 is 29.5 Å². The van der Waals surface area contributed by atoms with Gasteiger partial charge in [-0.05, 0) is 6.92 Å². The summed E-state index contributed by atoms with van der Waals surface area (Å²) in [6.07, 6.45) is -3.82. The average molecular weight is 253 g/mol. The van der Waals surface area contributed by atoms with Crippen molar-refractivity contribution in [2.24, 2.45) is 0 Å². The van der Waals surface area contributed by atoms with Crippen LogP contribution in [0.2, 0.25) is 0 Å². The molecule has 0 radical (unpaired) electrons. The summed E-state index contributed by atoms with van der Waals surface area (Å²) in [4.78, 5) is 17.0. The number of anilines is 1. The number of alkyl halides is 3. The van der Waals surface area contributed by atoms with Crippen molar-refractivity contribution in [3.63, 3.8) is 0 Å². The Kier molecular flexibility index (Phi) is 3.21. The minimum Gasteiger partial charge on any atom is -0.479 e. The lowest BCUT2D eigenvalue weighted by molar-refractivity contribution is -0.193. The second-order valence-electron chi connectivity index (χ2n) is 3.28. The fourth-order valence-electron chi connectivity index (χ4n) is 0.846. The number of hydrogen-bond donors (Lipinski definition) is 2. The van der Waals surface area contributed by atoms with Crippen LogP contribution in [0.15, 0.2) is 12.4 Å². The van der Waals surface area contributed by atoms with Crippen LogP contribution in [0.1, 0.15) is 6.92 Å². The van der Waals surface area contributed by atoms with E-state index in [1.54, 1.807) is 5.32 Å². The molecule has 1 aromatic rings. The number of halogens is 4. The minimum atomic E-state index is -5.06. The molecule has 0 amide bonds. The lowest BCUT2D eigenvalue weighted by Crippen LogP contribution is -2.55. The zero-order valence-electron chi connectivity index (χ0n) is 8.42. The van der Waals surface area contributed by atoms with E-state index >= 15 is 0 Å². The van der Waals surface area contributed by atoms with Crippen LogP contribution in [0.5, 0.6) is 0 Å². The molecular weight excluding hydrogens is 246 g/mol. The molecule has 0 fully saturated rings. The van der Waals surface area contributed by atoms with Crippen LogP contribution in [0.3, 0.4) is 0 Å². The van der Waals surface area contributed by atoms with Gasteiger partial charge in [0.15, 0.2) is 5.82 Å². The third-order valence-electron chi connectivity index (χ3n) is 1.98. The highest BCUT2D eigenvalue weighted by Crippen LogP contribution is 2.32. The quantitative estimate of drug-likeness (QED) is 0.797. The molecule has 0 saturated carbocycles. The van der Waals surface area contributed by atoms with Crippen molar-refractivity contribution in [1.82, 2.24) is 9.97 Å². The number of aromatic nitrogens is 2. The van der Waals surface area contributed by atoms with E-state index in [9.17, 15) is 22.4 Å². The zero-order chi connectivity index (χ0) is 13.3. The maximum atomic E-state index is 12.5. The van der Waals surface area contributed by atoms with Crippen molar-refractivity contribution in [3.8, 4) is 0 Å². The first-order chi connectivity index (χ1) is 7.67. The summed E-state index contributed by atoms with van der Waals surface area (Å²) < 4.78 is 50.1. The highest BCUT2D eigenvalue weighted by atomic mass is 19.4. The highest BCUT2D eigenvalue weighted by molar-refractivity contribution is 5.82.